The molecular weight excluding hydrogens is 448 g/mol. The third-order valence-corrected chi connectivity index (χ3v) is 10.9. The Morgan fingerprint density at radius 1 is 0.824 bits per heavy atom. The molecule has 0 unspecified atom stereocenters. The predicted octanol–water partition coefficient (Wildman–Crippen LogP) is 4.86. The van der Waals surface area contributed by atoms with Crippen LogP contribution in [0.3, 0.4) is 0 Å². The zero-order chi connectivity index (χ0) is 24.6. The number of carbonyl (C=O) groups excluding carboxylic acids is 2. The fraction of sp³-hybridized carbons (Fsp3) is 0.926. The van der Waals surface area contributed by atoms with Gasteiger partial charge in [-0.3, -0.25) is 9.59 Å². The first-order valence-corrected chi connectivity index (χ1v) is 15.8. The Bertz CT molecular complexity index is 747. The van der Waals surface area contributed by atoms with Gasteiger partial charge in [-0.25, -0.2) is 8.42 Å². The molecule has 0 aromatic carbocycles. The largest absolute Gasteiger partial charge is 0.353 e. The molecule has 196 valence electrons. The van der Waals surface area contributed by atoms with Crippen molar-refractivity contribution in [2.24, 2.45) is 17.8 Å². The molecule has 1 N–H and O–H groups in total. The van der Waals surface area contributed by atoms with E-state index >= 15 is 0 Å². The summed E-state index contributed by atoms with van der Waals surface area (Å²) in [6, 6.07) is 0.173. The van der Waals surface area contributed by atoms with Gasteiger partial charge in [-0.2, -0.15) is 0 Å². The molecule has 0 bridgehead atoms. The Labute approximate surface area is 207 Å². The Morgan fingerprint density at radius 2 is 1.47 bits per heavy atom. The normalized spacial score (nSPS) is 28.9. The minimum atomic E-state index is -2.96. The van der Waals surface area contributed by atoms with Gasteiger partial charge in [0.1, 0.15) is 0 Å². The number of carbonyl (C=O) groups is 2. The molecule has 3 fully saturated rings. The standard InChI is InChI=1S/C27H48N2O4S/c1-3-18-29(20-22-8-6-5-7-9-22)27(31)23-12-14-24(15-13-23)28-26(30)19-21-10-16-25(17-11-21)34(32,33)4-2/h21-25H,3-20H2,1-2H3,(H,28,30). The molecule has 3 saturated carbocycles. The molecule has 0 heterocycles. The van der Waals surface area contributed by atoms with E-state index in [1.165, 1.54) is 32.1 Å². The Balaban J connectivity index is 1.38. The summed E-state index contributed by atoms with van der Waals surface area (Å²) in [7, 11) is -2.96. The Hall–Kier alpha value is -1.11. The van der Waals surface area contributed by atoms with E-state index in [4.69, 9.17) is 0 Å². The Morgan fingerprint density at radius 3 is 2.06 bits per heavy atom. The van der Waals surface area contributed by atoms with Gasteiger partial charge in [0.05, 0.1) is 5.25 Å². The first kappa shape index (κ1) is 27.5. The van der Waals surface area contributed by atoms with Crippen molar-refractivity contribution in [3.63, 3.8) is 0 Å². The van der Waals surface area contributed by atoms with Crippen LogP contribution in [-0.4, -0.2) is 55.3 Å². The predicted molar refractivity (Wildman–Crippen MR) is 137 cm³/mol. The Kier molecular flexibility index (Phi) is 10.7. The van der Waals surface area contributed by atoms with Crippen LogP contribution in [0.5, 0.6) is 0 Å². The number of hydrogen-bond donors (Lipinski definition) is 1. The summed E-state index contributed by atoms with van der Waals surface area (Å²) >= 11 is 0. The summed E-state index contributed by atoms with van der Waals surface area (Å²) in [5.74, 6) is 1.74. The van der Waals surface area contributed by atoms with Gasteiger partial charge in [-0.05, 0) is 82.5 Å². The molecule has 3 aliphatic carbocycles. The van der Waals surface area contributed by atoms with Crippen LogP contribution in [0.4, 0.5) is 0 Å². The van der Waals surface area contributed by atoms with Crippen LogP contribution >= 0.6 is 0 Å². The van der Waals surface area contributed by atoms with E-state index in [0.717, 1.165) is 58.0 Å². The first-order valence-electron chi connectivity index (χ1n) is 14.1. The van der Waals surface area contributed by atoms with E-state index in [1.807, 2.05) is 0 Å². The molecule has 3 aliphatic rings. The fourth-order valence-corrected chi connectivity index (χ4v) is 7.93. The average Bonchev–Trinajstić information content (AvgIpc) is 2.85. The maximum absolute atomic E-state index is 13.3. The summed E-state index contributed by atoms with van der Waals surface area (Å²) in [6.07, 6.45) is 14.5. The number of sulfone groups is 1. The van der Waals surface area contributed by atoms with Crippen molar-refractivity contribution >= 4 is 21.7 Å². The molecular formula is C27H48N2O4S. The highest BCUT2D eigenvalue weighted by Crippen LogP contribution is 2.32. The third kappa shape index (κ3) is 7.96. The molecule has 2 amide bonds. The number of nitrogens with one attached hydrogen (secondary N) is 1. The highest BCUT2D eigenvalue weighted by molar-refractivity contribution is 7.92. The van der Waals surface area contributed by atoms with Crippen molar-refractivity contribution in [1.29, 1.82) is 0 Å². The number of amides is 2. The molecule has 0 aliphatic heterocycles. The van der Waals surface area contributed by atoms with Gasteiger partial charge < -0.3 is 10.2 Å². The minimum Gasteiger partial charge on any atom is -0.353 e. The molecule has 0 spiro atoms. The molecule has 6 nitrogen and oxygen atoms in total. The summed E-state index contributed by atoms with van der Waals surface area (Å²) in [5, 5.41) is 3.00. The molecule has 0 aromatic rings. The molecule has 0 atom stereocenters. The molecule has 3 rings (SSSR count). The smallest absolute Gasteiger partial charge is 0.225 e. The zero-order valence-electron chi connectivity index (χ0n) is 21.6. The highest BCUT2D eigenvalue weighted by Gasteiger charge is 2.33. The van der Waals surface area contributed by atoms with Gasteiger partial charge in [0.15, 0.2) is 9.84 Å². The van der Waals surface area contributed by atoms with E-state index in [1.54, 1.807) is 6.92 Å². The van der Waals surface area contributed by atoms with Crippen LogP contribution in [0.15, 0.2) is 0 Å². The summed E-state index contributed by atoms with van der Waals surface area (Å²) in [4.78, 5) is 28.1. The number of rotatable bonds is 10. The van der Waals surface area contributed by atoms with E-state index in [0.29, 0.717) is 37.0 Å². The van der Waals surface area contributed by atoms with Crippen LogP contribution in [0.1, 0.15) is 110 Å². The molecule has 0 radical (unpaired) electrons. The molecule has 34 heavy (non-hydrogen) atoms. The quantitative estimate of drug-likeness (QED) is 0.468. The second-order valence-corrected chi connectivity index (χ2v) is 13.8. The third-order valence-electron chi connectivity index (χ3n) is 8.63. The van der Waals surface area contributed by atoms with Crippen LogP contribution in [-0.2, 0) is 19.4 Å². The van der Waals surface area contributed by atoms with Crippen LogP contribution in [0, 0.1) is 17.8 Å². The summed E-state index contributed by atoms with van der Waals surface area (Å²) < 4.78 is 24.2. The number of nitrogens with zero attached hydrogens (tertiary/aromatic N) is 1. The van der Waals surface area contributed by atoms with Gasteiger partial charge in [0, 0.05) is 37.2 Å². The number of hydrogen-bond acceptors (Lipinski definition) is 4. The molecule has 7 heteroatoms. The van der Waals surface area contributed by atoms with Gasteiger partial charge in [0.2, 0.25) is 11.8 Å². The van der Waals surface area contributed by atoms with E-state index in [2.05, 4.69) is 17.1 Å². The summed E-state index contributed by atoms with van der Waals surface area (Å²) in [6.45, 7) is 5.68. The SMILES string of the molecule is CCCN(CC1CCCCC1)C(=O)C1CCC(NC(=O)CC2CCC(S(=O)(=O)CC)CC2)CC1. The van der Waals surface area contributed by atoms with Crippen LogP contribution in [0.25, 0.3) is 0 Å². The maximum Gasteiger partial charge on any atom is 0.225 e. The fourth-order valence-electron chi connectivity index (χ4n) is 6.47. The lowest BCUT2D eigenvalue weighted by Crippen LogP contribution is -2.44. The lowest BCUT2D eigenvalue weighted by Gasteiger charge is -2.35. The lowest BCUT2D eigenvalue weighted by molar-refractivity contribution is -0.137. The van der Waals surface area contributed by atoms with E-state index in [9.17, 15) is 18.0 Å². The van der Waals surface area contributed by atoms with Gasteiger partial charge >= 0.3 is 0 Å². The molecule has 0 aromatic heterocycles. The highest BCUT2D eigenvalue weighted by atomic mass is 32.2. The zero-order valence-corrected chi connectivity index (χ0v) is 22.4. The van der Waals surface area contributed by atoms with Crippen LogP contribution < -0.4 is 5.32 Å². The van der Waals surface area contributed by atoms with E-state index in [-0.39, 0.29) is 28.9 Å². The van der Waals surface area contributed by atoms with Gasteiger partial charge in [-0.1, -0.05) is 33.1 Å². The average molecular weight is 497 g/mol. The second kappa shape index (κ2) is 13.3. The minimum absolute atomic E-state index is 0.0986. The maximum atomic E-state index is 13.3. The monoisotopic (exact) mass is 496 g/mol. The lowest BCUT2D eigenvalue weighted by atomic mass is 9.83. The van der Waals surface area contributed by atoms with Crippen LogP contribution in [0.2, 0.25) is 0 Å². The first-order chi connectivity index (χ1) is 16.3. The van der Waals surface area contributed by atoms with Gasteiger partial charge in [0.25, 0.3) is 0 Å². The van der Waals surface area contributed by atoms with Crippen molar-refractivity contribution < 1.29 is 18.0 Å². The summed E-state index contributed by atoms with van der Waals surface area (Å²) in [5.41, 5.74) is 0. The topological polar surface area (TPSA) is 83.6 Å². The molecule has 0 saturated heterocycles. The van der Waals surface area contributed by atoms with Crippen molar-refractivity contribution in [3.05, 3.63) is 0 Å². The van der Waals surface area contributed by atoms with Crippen molar-refractivity contribution in [3.8, 4) is 0 Å². The second-order valence-electron chi connectivity index (χ2n) is 11.2. The van der Waals surface area contributed by atoms with Crippen molar-refractivity contribution in [2.75, 3.05) is 18.8 Å². The van der Waals surface area contributed by atoms with Crippen molar-refractivity contribution in [1.82, 2.24) is 10.2 Å². The van der Waals surface area contributed by atoms with Crippen molar-refractivity contribution in [2.45, 2.75) is 121 Å². The van der Waals surface area contributed by atoms with E-state index < -0.39 is 9.84 Å². The van der Waals surface area contributed by atoms with Gasteiger partial charge in [-0.15, -0.1) is 0 Å².